The lowest BCUT2D eigenvalue weighted by Gasteiger charge is -2.34. The topological polar surface area (TPSA) is 86.8 Å². The summed E-state index contributed by atoms with van der Waals surface area (Å²) < 4.78 is 29.2. The van der Waals surface area contributed by atoms with Crippen LogP contribution < -0.4 is 9.62 Å². The summed E-state index contributed by atoms with van der Waals surface area (Å²) in [7, 11) is -4.14. The number of hydrogen-bond donors (Lipinski definition) is 1. The Morgan fingerprint density at radius 1 is 0.977 bits per heavy atom. The molecular weight excluding hydrogens is 625 g/mol. The van der Waals surface area contributed by atoms with Crippen molar-refractivity contribution in [2.24, 2.45) is 0 Å². The molecule has 43 heavy (non-hydrogen) atoms. The fraction of sp³-hybridized carbons (Fsp3) is 0.375. The van der Waals surface area contributed by atoms with Gasteiger partial charge in [0.25, 0.3) is 10.0 Å². The van der Waals surface area contributed by atoms with Crippen LogP contribution in [0.25, 0.3) is 0 Å². The van der Waals surface area contributed by atoms with Crippen molar-refractivity contribution in [1.29, 1.82) is 0 Å². The highest BCUT2D eigenvalue weighted by Gasteiger charge is 2.34. The summed E-state index contributed by atoms with van der Waals surface area (Å²) in [4.78, 5) is 30.3. The number of nitrogens with zero attached hydrogens (tertiary/aromatic N) is 2. The molecule has 0 saturated heterocycles. The van der Waals surface area contributed by atoms with Crippen LogP contribution in [0.3, 0.4) is 0 Å². The van der Waals surface area contributed by atoms with E-state index >= 15 is 0 Å². The first-order chi connectivity index (χ1) is 20.5. The highest BCUT2D eigenvalue weighted by molar-refractivity contribution is 7.98. The molecule has 2 amide bonds. The van der Waals surface area contributed by atoms with Gasteiger partial charge in [-0.05, 0) is 86.5 Å². The van der Waals surface area contributed by atoms with Crippen molar-refractivity contribution >= 4 is 62.5 Å². The number of aryl methyl sites for hydroxylation is 1. The van der Waals surface area contributed by atoms with E-state index in [9.17, 15) is 18.0 Å². The van der Waals surface area contributed by atoms with Crippen molar-refractivity contribution in [3.8, 4) is 0 Å². The van der Waals surface area contributed by atoms with Crippen LogP contribution in [0.15, 0.2) is 76.5 Å². The van der Waals surface area contributed by atoms with Crippen LogP contribution in [0.5, 0.6) is 0 Å². The van der Waals surface area contributed by atoms with Crippen LogP contribution in [-0.2, 0) is 26.2 Å². The molecule has 1 aliphatic rings. The van der Waals surface area contributed by atoms with Gasteiger partial charge in [-0.1, -0.05) is 66.7 Å². The van der Waals surface area contributed by atoms with Gasteiger partial charge in [0.15, 0.2) is 0 Å². The zero-order valence-electron chi connectivity index (χ0n) is 24.6. The molecule has 4 rings (SSSR count). The SMILES string of the molecule is CC[C@@H](C(=O)NC1CCCC1)N(Cc1ccc(Cl)c(Cl)c1)C(=O)CN(c1ccc(C)cc1)S(=O)(=O)c1ccc(SC)cc1. The van der Waals surface area contributed by atoms with Gasteiger partial charge < -0.3 is 10.2 Å². The number of hydrogen-bond acceptors (Lipinski definition) is 5. The van der Waals surface area contributed by atoms with Gasteiger partial charge in [0.1, 0.15) is 12.6 Å². The summed E-state index contributed by atoms with van der Waals surface area (Å²) in [5.74, 6) is -0.760. The Labute approximate surface area is 269 Å². The number of carbonyl (C=O) groups excluding carboxylic acids is 2. The Morgan fingerprint density at radius 3 is 2.21 bits per heavy atom. The lowest BCUT2D eigenvalue weighted by atomic mass is 10.1. The molecule has 0 aliphatic heterocycles. The molecule has 230 valence electrons. The Balaban J connectivity index is 1.72. The molecule has 0 bridgehead atoms. The number of nitrogens with one attached hydrogen (secondary N) is 1. The minimum atomic E-state index is -4.14. The second kappa shape index (κ2) is 14.8. The Hall–Kier alpha value is -2.72. The highest BCUT2D eigenvalue weighted by Crippen LogP contribution is 2.28. The van der Waals surface area contributed by atoms with E-state index in [0.717, 1.165) is 40.4 Å². The first-order valence-electron chi connectivity index (χ1n) is 14.3. The number of sulfonamides is 1. The molecule has 11 heteroatoms. The van der Waals surface area contributed by atoms with Gasteiger partial charge in [-0.25, -0.2) is 8.42 Å². The summed E-state index contributed by atoms with van der Waals surface area (Å²) in [5.41, 5.74) is 1.98. The summed E-state index contributed by atoms with van der Waals surface area (Å²) in [6.07, 6.45) is 6.16. The predicted molar refractivity (Wildman–Crippen MR) is 175 cm³/mol. The van der Waals surface area contributed by atoms with Gasteiger partial charge in [0, 0.05) is 17.5 Å². The van der Waals surface area contributed by atoms with Crippen LogP contribution in [0, 0.1) is 6.92 Å². The minimum Gasteiger partial charge on any atom is -0.352 e. The van der Waals surface area contributed by atoms with Gasteiger partial charge in [-0.3, -0.25) is 13.9 Å². The number of halogens is 2. The van der Waals surface area contributed by atoms with Gasteiger partial charge in [-0.2, -0.15) is 0 Å². The summed E-state index contributed by atoms with van der Waals surface area (Å²) in [6.45, 7) is 3.30. The third-order valence-electron chi connectivity index (χ3n) is 7.67. The standard InChI is InChI=1S/C32H37Cl2N3O4S2/c1-4-30(32(39)35-24-7-5-6-8-24)36(20-23-11-18-28(33)29(34)19-23)31(38)21-37(25-12-9-22(2)10-13-25)43(40,41)27-16-14-26(42-3)15-17-27/h9-19,24,30H,4-8,20-21H2,1-3H3,(H,35,39)/t30-/m0/s1. The highest BCUT2D eigenvalue weighted by atomic mass is 35.5. The van der Waals surface area contributed by atoms with Crippen LogP contribution in [0.2, 0.25) is 10.0 Å². The second-order valence-electron chi connectivity index (χ2n) is 10.7. The van der Waals surface area contributed by atoms with Crippen molar-refractivity contribution in [3.05, 3.63) is 87.9 Å². The number of benzene rings is 3. The van der Waals surface area contributed by atoms with E-state index in [1.54, 1.807) is 66.7 Å². The number of carbonyl (C=O) groups is 2. The van der Waals surface area contributed by atoms with Crippen LogP contribution in [-0.4, -0.2) is 50.0 Å². The maximum Gasteiger partial charge on any atom is 0.264 e. The van der Waals surface area contributed by atoms with Crippen molar-refractivity contribution in [1.82, 2.24) is 10.2 Å². The molecule has 7 nitrogen and oxygen atoms in total. The molecule has 0 aromatic heterocycles. The molecule has 1 saturated carbocycles. The van der Waals surface area contributed by atoms with Gasteiger partial charge in [0.2, 0.25) is 11.8 Å². The molecule has 0 radical (unpaired) electrons. The van der Waals surface area contributed by atoms with Crippen molar-refractivity contribution in [3.63, 3.8) is 0 Å². The zero-order valence-corrected chi connectivity index (χ0v) is 27.7. The molecular formula is C32H37Cl2N3O4S2. The number of rotatable bonds is 12. The predicted octanol–water partition coefficient (Wildman–Crippen LogP) is 7.09. The lowest BCUT2D eigenvalue weighted by Crippen LogP contribution is -2.53. The summed E-state index contributed by atoms with van der Waals surface area (Å²) in [5, 5.41) is 3.82. The minimum absolute atomic E-state index is 0.0521. The van der Waals surface area contributed by atoms with Gasteiger partial charge >= 0.3 is 0 Å². The fourth-order valence-corrected chi connectivity index (χ4v) is 7.38. The summed E-state index contributed by atoms with van der Waals surface area (Å²) >= 11 is 13.9. The van der Waals surface area contributed by atoms with Crippen LogP contribution in [0.1, 0.15) is 50.2 Å². The average molecular weight is 663 g/mol. The summed E-state index contributed by atoms with van der Waals surface area (Å²) in [6, 6.07) is 17.8. The molecule has 0 heterocycles. The van der Waals surface area contributed by atoms with Crippen molar-refractivity contribution < 1.29 is 18.0 Å². The van der Waals surface area contributed by atoms with Gasteiger partial charge in [0.05, 0.1) is 20.6 Å². The number of thioether (sulfide) groups is 1. The van der Waals surface area contributed by atoms with E-state index in [2.05, 4.69) is 5.32 Å². The maximum absolute atomic E-state index is 14.2. The zero-order chi connectivity index (χ0) is 31.1. The number of anilines is 1. The Morgan fingerprint density at radius 2 is 1.63 bits per heavy atom. The molecule has 1 N–H and O–H groups in total. The molecule has 1 fully saturated rings. The van der Waals surface area contributed by atoms with Crippen molar-refractivity contribution in [2.75, 3.05) is 17.1 Å². The van der Waals surface area contributed by atoms with Crippen LogP contribution >= 0.6 is 35.0 Å². The first kappa shape index (κ1) is 33.2. The smallest absolute Gasteiger partial charge is 0.264 e. The fourth-order valence-electron chi connectivity index (χ4n) is 5.24. The third kappa shape index (κ3) is 8.26. The Bertz CT molecular complexity index is 1530. The number of amides is 2. The lowest BCUT2D eigenvalue weighted by molar-refractivity contribution is -0.140. The van der Waals surface area contributed by atoms with Gasteiger partial charge in [-0.15, -0.1) is 11.8 Å². The largest absolute Gasteiger partial charge is 0.352 e. The normalized spacial score (nSPS) is 14.3. The maximum atomic E-state index is 14.2. The molecule has 1 aliphatic carbocycles. The molecule has 3 aromatic carbocycles. The second-order valence-corrected chi connectivity index (χ2v) is 14.3. The van der Waals surface area contributed by atoms with E-state index in [1.807, 2.05) is 20.1 Å². The molecule has 3 aromatic rings. The van der Waals surface area contributed by atoms with Crippen molar-refractivity contribution in [2.45, 2.75) is 74.4 Å². The van der Waals surface area contributed by atoms with Crippen LogP contribution in [0.4, 0.5) is 5.69 Å². The first-order valence-corrected chi connectivity index (χ1v) is 17.7. The monoisotopic (exact) mass is 661 g/mol. The average Bonchev–Trinajstić information content (AvgIpc) is 3.51. The van der Waals surface area contributed by atoms with E-state index in [0.29, 0.717) is 27.7 Å². The van der Waals surface area contributed by atoms with E-state index in [-0.39, 0.29) is 23.4 Å². The van der Waals surface area contributed by atoms with E-state index in [1.165, 1.54) is 16.7 Å². The Kier molecular flexibility index (Phi) is 11.5. The molecule has 0 spiro atoms. The third-order valence-corrected chi connectivity index (χ3v) is 10.9. The molecule has 1 atom stereocenters. The molecule has 0 unspecified atom stereocenters. The van der Waals surface area contributed by atoms with E-state index in [4.69, 9.17) is 23.2 Å². The van der Waals surface area contributed by atoms with E-state index < -0.39 is 28.5 Å². The quantitative estimate of drug-likeness (QED) is 0.210.